The quantitative estimate of drug-likeness (QED) is 0.180. The topological polar surface area (TPSA) is 185 Å². The van der Waals surface area contributed by atoms with E-state index in [2.05, 4.69) is 46.8 Å². The van der Waals surface area contributed by atoms with E-state index in [1.165, 1.54) is 0 Å². The molecule has 9 aliphatic rings. The Morgan fingerprint density at radius 1 is 0.846 bits per heavy atom. The molecule has 0 aromatic carbocycles. The van der Waals surface area contributed by atoms with Gasteiger partial charge in [0.2, 0.25) is 0 Å². The Morgan fingerprint density at radius 2 is 1.56 bits per heavy atom. The first-order valence-corrected chi connectivity index (χ1v) is 19.5. The van der Waals surface area contributed by atoms with E-state index in [1.54, 1.807) is 0 Å². The van der Waals surface area contributed by atoms with E-state index in [4.69, 9.17) is 23.7 Å². The van der Waals surface area contributed by atoms with Crippen molar-refractivity contribution in [2.75, 3.05) is 13.2 Å². The molecule has 6 N–H and O–H groups in total. The van der Waals surface area contributed by atoms with Crippen LogP contribution in [-0.2, 0) is 28.5 Å². The highest BCUT2D eigenvalue weighted by molar-refractivity contribution is 5.86. The molecule has 3 saturated carbocycles. The summed E-state index contributed by atoms with van der Waals surface area (Å²) in [6.07, 6.45) is 0.567. The maximum atomic E-state index is 13.6. The van der Waals surface area contributed by atoms with Crippen LogP contribution in [0.25, 0.3) is 0 Å². The smallest absolute Gasteiger partial charge is 0.317 e. The lowest BCUT2D eigenvalue weighted by molar-refractivity contribution is -0.338. The van der Waals surface area contributed by atoms with Gasteiger partial charge in [-0.25, -0.2) is 0 Å². The number of allylic oxidation sites excluding steroid dienone is 3. The van der Waals surface area contributed by atoms with Gasteiger partial charge in [0, 0.05) is 0 Å². The Balaban J connectivity index is 1.08. The van der Waals surface area contributed by atoms with Crippen molar-refractivity contribution in [2.24, 2.45) is 38.9 Å². The maximum Gasteiger partial charge on any atom is 0.317 e. The highest BCUT2D eigenvalue weighted by Gasteiger charge is 2.73. The summed E-state index contributed by atoms with van der Waals surface area (Å²) in [7, 11) is 0. The molecule has 52 heavy (non-hydrogen) atoms. The molecule has 0 amide bonds. The standard InChI is InChI=1S/C40H60O12/c1-34(2)23-10-13-37(5)24(9-8-20-30-39(7,47)38(6)15-17-40(30,33(46)52-38)16-14-36(20,37)4)35(23,3)12-11-25(34)50-32-29(26(43)21(42)19-48-32)51-31-28(45)27(44)22(18-41)49-31/h8-9,21-29,31-32,41-45,47H,10-19H2,1-7H3/t21-,22-,23-,24+,25-,26-,27-,28+,29+,31-,32-,35-,36+,37+,38-,39-,40+/m0/s1. The second-order valence-corrected chi connectivity index (χ2v) is 19.3. The highest BCUT2D eigenvalue weighted by Crippen LogP contribution is 2.75. The van der Waals surface area contributed by atoms with Gasteiger partial charge in [-0.15, -0.1) is 0 Å². The molecule has 12 heteroatoms. The molecule has 17 atom stereocenters. The second-order valence-electron chi connectivity index (χ2n) is 19.3. The van der Waals surface area contributed by atoms with Gasteiger partial charge in [-0.05, 0) is 110 Å². The predicted molar refractivity (Wildman–Crippen MR) is 185 cm³/mol. The first-order valence-electron chi connectivity index (χ1n) is 19.5. The van der Waals surface area contributed by atoms with Crippen LogP contribution >= 0.6 is 0 Å². The molecule has 1 spiro atoms. The van der Waals surface area contributed by atoms with Gasteiger partial charge >= 0.3 is 5.97 Å². The number of carbonyl (C=O) groups excluding carboxylic acids is 1. The molecule has 12 nitrogen and oxygen atoms in total. The number of carbonyl (C=O) groups is 1. The number of hydrogen-bond acceptors (Lipinski definition) is 12. The Hall–Kier alpha value is -1.45. The summed E-state index contributed by atoms with van der Waals surface area (Å²) in [5.41, 5.74) is -1.72. The molecule has 4 aliphatic heterocycles. The van der Waals surface area contributed by atoms with Gasteiger partial charge in [0.1, 0.15) is 47.8 Å². The zero-order valence-electron chi connectivity index (χ0n) is 31.7. The van der Waals surface area contributed by atoms with E-state index in [9.17, 15) is 35.4 Å². The number of ether oxygens (including phenoxy) is 5. The molecular formula is C40H60O12. The molecule has 292 valence electrons. The molecule has 0 aromatic rings. The normalized spacial score (nSPS) is 56.4. The van der Waals surface area contributed by atoms with Gasteiger partial charge in [-0.1, -0.05) is 46.8 Å². The largest absolute Gasteiger partial charge is 0.455 e. The zero-order chi connectivity index (χ0) is 37.6. The summed E-state index contributed by atoms with van der Waals surface area (Å²) in [4.78, 5) is 13.6. The molecule has 0 radical (unpaired) electrons. The van der Waals surface area contributed by atoms with Crippen molar-refractivity contribution in [3.05, 3.63) is 23.3 Å². The SMILES string of the molecule is CC1(C)[C@@H](O[C@@H]2OC[C@H](O)[C@H](O)[C@H]2O[C@@H]2O[C@@H](CO)[C@H](O)[C@H]2O)CC[C@]2(C)[C@H]3C=CC4=C5[C@]6(CC[C@](C)(OC6=O)[C@@]5(C)O)CC[C@@]4(C)[C@]3(C)CC[C@@H]12. The van der Waals surface area contributed by atoms with Gasteiger partial charge in [0.05, 0.1) is 24.7 Å². The van der Waals surface area contributed by atoms with E-state index in [-0.39, 0.29) is 52.2 Å². The van der Waals surface area contributed by atoms with E-state index in [1.807, 2.05) is 13.8 Å². The van der Waals surface area contributed by atoms with Crippen molar-refractivity contribution >= 4 is 5.97 Å². The molecule has 0 aromatic heterocycles. The van der Waals surface area contributed by atoms with Crippen LogP contribution in [0, 0.1) is 38.9 Å². The monoisotopic (exact) mass is 732 g/mol. The molecule has 0 unspecified atom stereocenters. The van der Waals surface area contributed by atoms with Crippen molar-refractivity contribution in [1.29, 1.82) is 0 Å². The zero-order valence-corrected chi connectivity index (χ0v) is 31.7. The van der Waals surface area contributed by atoms with Gasteiger partial charge < -0.3 is 54.3 Å². The first kappa shape index (κ1) is 37.5. The fourth-order valence-electron chi connectivity index (χ4n) is 13.1. The van der Waals surface area contributed by atoms with Crippen LogP contribution < -0.4 is 0 Å². The minimum Gasteiger partial charge on any atom is -0.455 e. The summed E-state index contributed by atoms with van der Waals surface area (Å²) >= 11 is 0. The predicted octanol–water partition coefficient (Wildman–Crippen LogP) is 2.65. The van der Waals surface area contributed by atoms with Crippen molar-refractivity contribution < 1.29 is 59.1 Å². The van der Waals surface area contributed by atoms with Crippen molar-refractivity contribution in [2.45, 2.75) is 166 Å². The van der Waals surface area contributed by atoms with Gasteiger partial charge in [0.25, 0.3) is 0 Å². The third kappa shape index (κ3) is 4.66. The van der Waals surface area contributed by atoms with Crippen molar-refractivity contribution in [1.82, 2.24) is 0 Å². The van der Waals surface area contributed by atoms with Crippen LogP contribution in [0.1, 0.15) is 99.8 Å². The van der Waals surface area contributed by atoms with Gasteiger partial charge in [-0.3, -0.25) is 4.79 Å². The fraction of sp³-hybridized carbons (Fsp3) is 0.875. The van der Waals surface area contributed by atoms with Crippen LogP contribution in [0.2, 0.25) is 0 Å². The molecule has 4 heterocycles. The summed E-state index contributed by atoms with van der Waals surface area (Å²) in [5.74, 6) is 0.321. The summed E-state index contributed by atoms with van der Waals surface area (Å²) in [5, 5.41) is 64.2. The molecule has 5 aliphatic carbocycles. The average Bonchev–Trinajstić information content (AvgIpc) is 3.35. The van der Waals surface area contributed by atoms with E-state index < -0.39 is 72.4 Å². The summed E-state index contributed by atoms with van der Waals surface area (Å²) in [6.45, 7) is 14.8. The number of aliphatic hydroxyl groups is 6. The Kier molecular flexibility index (Phi) is 8.49. The highest BCUT2D eigenvalue weighted by atomic mass is 16.8. The summed E-state index contributed by atoms with van der Waals surface area (Å²) in [6, 6.07) is 0. The van der Waals surface area contributed by atoms with E-state index in [0.29, 0.717) is 25.7 Å². The number of esters is 1. The number of aliphatic hydroxyl groups excluding tert-OH is 5. The van der Waals surface area contributed by atoms with E-state index >= 15 is 0 Å². The average molecular weight is 733 g/mol. The molecule has 2 bridgehead atoms. The molecule has 7 fully saturated rings. The molecular weight excluding hydrogens is 672 g/mol. The lowest BCUT2D eigenvalue weighted by atomic mass is 9.35. The number of hydrogen-bond donors (Lipinski definition) is 6. The first-order chi connectivity index (χ1) is 24.2. The van der Waals surface area contributed by atoms with Crippen LogP contribution in [0.4, 0.5) is 0 Å². The van der Waals surface area contributed by atoms with Crippen LogP contribution in [-0.4, -0.2) is 116 Å². The minimum atomic E-state index is -1.47. The Labute approximate surface area is 306 Å². The fourth-order valence-corrected chi connectivity index (χ4v) is 13.1. The number of fused-ring (bicyclic) bond motifs is 7. The van der Waals surface area contributed by atoms with Crippen LogP contribution in [0.15, 0.2) is 23.3 Å². The van der Waals surface area contributed by atoms with Crippen molar-refractivity contribution in [3.63, 3.8) is 0 Å². The van der Waals surface area contributed by atoms with Crippen molar-refractivity contribution in [3.8, 4) is 0 Å². The third-order valence-corrected chi connectivity index (χ3v) is 16.7. The van der Waals surface area contributed by atoms with E-state index in [0.717, 1.165) is 36.8 Å². The lowest BCUT2D eigenvalue weighted by Crippen LogP contribution is -2.71. The van der Waals surface area contributed by atoms with Gasteiger partial charge in [0.15, 0.2) is 12.6 Å². The van der Waals surface area contributed by atoms with Crippen LogP contribution in [0.5, 0.6) is 0 Å². The molecule has 9 rings (SSSR count). The third-order valence-electron chi connectivity index (χ3n) is 16.7. The second kappa shape index (κ2) is 11.8. The Bertz CT molecular complexity index is 1540. The van der Waals surface area contributed by atoms with Gasteiger partial charge in [-0.2, -0.15) is 0 Å². The number of rotatable bonds is 5. The molecule has 4 saturated heterocycles. The maximum absolute atomic E-state index is 13.6. The van der Waals surface area contributed by atoms with Crippen LogP contribution in [0.3, 0.4) is 0 Å². The summed E-state index contributed by atoms with van der Waals surface area (Å²) < 4.78 is 30.2. The Morgan fingerprint density at radius 3 is 2.23 bits per heavy atom. The lowest BCUT2D eigenvalue weighted by Gasteiger charge is -2.71. The minimum absolute atomic E-state index is 0.0868.